The third-order valence-corrected chi connectivity index (χ3v) is 4.98. The molecule has 1 aliphatic rings. The maximum Gasteiger partial charge on any atom is 0.409 e. The van der Waals surface area contributed by atoms with Gasteiger partial charge in [0.05, 0.1) is 13.2 Å². The van der Waals surface area contributed by atoms with E-state index >= 15 is 0 Å². The van der Waals surface area contributed by atoms with Crippen LogP contribution in [0.2, 0.25) is 0 Å². The minimum Gasteiger partial charge on any atom is -0.494 e. The Balaban J connectivity index is 1.67. The quantitative estimate of drug-likeness (QED) is 0.376. The van der Waals surface area contributed by atoms with Gasteiger partial charge in [0, 0.05) is 32.7 Å². The lowest BCUT2D eigenvalue weighted by molar-refractivity contribution is 0.0963. The molecule has 2 rings (SSSR count). The van der Waals surface area contributed by atoms with E-state index in [1.165, 1.54) is 5.56 Å². The van der Waals surface area contributed by atoms with Crippen LogP contribution in [0.15, 0.2) is 29.3 Å². The van der Waals surface area contributed by atoms with E-state index in [0.717, 1.165) is 57.0 Å². The number of nitrogens with one attached hydrogen (secondary N) is 2. The summed E-state index contributed by atoms with van der Waals surface area (Å²) in [5.41, 5.74) is 1.26. The molecule has 1 aromatic rings. The second kappa shape index (κ2) is 12.9. The Labute approximate surface area is 174 Å². The van der Waals surface area contributed by atoms with E-state index in [-0.39, 0.29) is 6.09 Å². The molecule has 0 atom stereocenters. The van der Waals surface area contributed by atoms with Gasteiger partial charge in [0.1, 0.15) is 5.75 Å². The van der Waals surface area contributed by atoms with Crippen molar-refractivity contribution in [3.63, 3.8) is 0 Å². The van der Waals surface area contributed by atoms with Crippen LogP contribution < -0.4 is 15.4 Å². The number of hydrogen-bond acceptors (Lipinski definition) is 4. The van der Waals surface area contributed by atoms with Crippen LogP contribution in [-0.4, -0.2) is 62.9 Å². The molecule has 7 nitrogen and oxygen atoms in total. The summed E-state index contributed by atoms with van der Waals surface area (Å²) in [5, 5.41) is 6.84. The van der Waals surface area contributed by atoms with E-state index in [9.17, 15) is 4.79 Å². The molecule has 1 fully saturated rings. The minimum atomic E-state index is -0.213. The van der Waals surface area contributed by atoms with E-state index in [0.29, 0.717) is 25.7 Å². The van der Waals surface area contributed by atoms with Gasteiger partial charge in [-0.2, -0.15) is 0 Å². The number of benzene rings is 1. The number of amides is 1. The zero-order valence-corrected chi connectivity index (χ0v) is 18.1. The van der Waals surface area contributed by atoms with Crippen LogP contribution in [0.3, 0.4) is 0 Å². The topological polar surface area (TPSA) is 75.2 Å². The molecule has 1 heterocycles. The highest BCUT2D eigenvalue weighted by molar-refractivity contribution is 5.80. The number of carbonyl (C=O) groups excluding carboxylic acids is 1. The molecule has 0 aliphatic carbocycles. The van der Waals surface area contributed by atoms with Crippen LogP contribution in [0, 0.1) is 0 Å². The second-order valence-electron chi connectivity index (χ2n) is 7.20. The van der Waals surface area contributed by atoms with Crippen molar-refractivity contribution in [2.45, 2.75) is 52.0 Å². The minimum absolute atomic E-state index is 0.213. The largest absolute Gasteiger partial charge is 0.494 e. The van der Waals surface area contributed by atoms with Crippen molar-refractivity contribution < 1.29 is 14.3 Å². The number of nitrogens with zero attached hydrogens (tertiary/aromatic N) is 2. The lowest BCUT2D eigenvalue weighted by atomic mass is 10.1. The number of hydrogen-bond donors (Lipinski definition) is 2. The fourth-order valence-electron chi connectivity index (χ4n) is 3.22. The van der Waals surface area contributed by atoms with Gasteiger partial charge in [0.15, 0.2) is 5.96 Å². The Hall–Kier alpha value is -2.44. The Morgan fingerprint density at radius 1 is 1.21 bits per heavy atom. The van der Waals surface area contributed by atoms with E-state index in [1.54, 1.807) is 11.9 Å². The van der Waals surface area contributed by atoms with E-state index in [2.05, 4.69) is 34.7 Å². The third kappa shape index (κ3) is 8.21. The van der Waals surface area contributed by atoms with Crippen molar-refractivity contribution in [3.05, 3.63) is 29.8 Å². The lowest BCUT2D eigenvalue weighted by Gasteiger charge is -2.32. The first-order valence-corrected chi connectivity index (χ1v) is 10.8. The summed E-state index contributed by atoms with van der Waals surface area (Å²) < 4.78 is 10.8. The van der Waals surface area contributed by atoms with E-state index in [4.69, 9.17) is 9.47 Å². The number of unbranched alkanes of at least 4 members (excludes halogenated alkanes) is 1. The van der Waals surface area contributed by atoms with Gasteiger partial charge < -0.3 is 25.0 Å². The van der Waals surface area contributed by atoms with E-state index in [1.807, 2.05) is 19.1 Å². The van der Waals surface area contributed by atoms with Gasteiger partial charge in [0.2, 0.25) is 0 Å². The zero-order valence-electron chi connectivity index (χ0n) is 18.1. The molecule has 1 aliphatic heterocycles. The fraction of sp³-hybridized carbons (Fsp3) is 0.636. The average molecular weight is 405 g/mol. The SMILES string of the molecule is CCCCOc1ccc(CCNC(=NC)NC2CCN(C(=O)OCC)CC2)cc1. The molecule has 2 N–H and O–H groups in total. The van der Waals surface area contributed by atoms with Crippen LogP contribution in [-0.2, 0) is 11.2 Å². The lowest BCUT2D eigenvalue weighted by Crippen LogP contribution is -2.50. The molecule has 0 aromatic heterocycles. The summed E-state index contributed by atoms with van der Waals surface area (Å²) in [6, 6.07) is 8.62. The number of ether oxygens (including phenoxy) is 2. The maximum absolute atomic E-state index is 11.8. The van der Waals surface area contributed by atoms with Gasteiger partial charge in [-0.3, -0.25) is 4.99 Å². The molecule has 0 unspecified atom stereocenters. The first-order valence-electron chi connectivity index (χ1n) is 10.8. The molecule has 1 amide bonds. The standard InChI is InChI=1S/C22H36N4O3/c1-4-6-17-29-20-9-7-18(8-10-20)11-14-24-21(23-3)25-19-12-15-26(16-13-19)22(27)28-5-2/h7-10,19H,4-6,11-17H2,1-3H3,(H2,23,24,25). The molecule has 0 bridgehead atoms. The zero-order chi connectivity index (χ0) is 20.9. The predicted octanol–water partition coefficient (Wildman–Crippen LogP) is 3.19. The Morgan fingerprint density at radius 3 is 2.55 bits per heavy atom. The average Bonchev–Trinajstić information content (AvgIpc) is 2.75. The van der Waals surface area contributed by atoms with Gasteiger partial charge >= 0.3 is 6.09 Å². The van der Waals surface area contributed by atoms with Crippen LogP contribution in [0.4, 0.5) is 4.79 Å². The molecular formula is C22H36N4O3. The second-order valence-corrected chi connectivity index (χ2v) is 7.20. The van der Waals surface area contributed by atoms with Gasteiger partial charge in [-0.15, -0.1) is 0 Å². The maximum atomic E-state index is 11.8. The first kappa shape index (κ1) is 22.8. The van der Waals surface area contributed by atoms with Crippen molar-refractivity contribution in [1.82, 2.24) is 15.5 Å². The van der Waals surface area contributed by atoms with Gasteiger partial charge in [-0.05, 0) is 50.3 Å². The number of aliphatic imine (C=N–C) groups is 1. The molecule has 162 valence electrons. The van der Waals surface area contributed by atoms with Crippen molar-refractivity contribution in [2.75, 3.05) is 39.9 Å². The highest BCUT2D eigenvalue weighted by atomic mass is 16.6. The number of piperidine rings is 1. The molecule has 0 radical (unpaired) electrons. The Bertz CT molecular complexity index is 625. The van der Waals surface area contributed by atoms with Crippen molar-refractivity contribution in [3.8, 4) is 5.75 Å². The smallest absolute Gasteiger partial charge is 0.409 e. The van der Waals surface area contributed by atoms with Crippen molar-refractivity contribution in [2.24, 2.45) is 4.99 Å². The summed E-state index contributed by atoms with van der Waals surface area (Å²) in [4.78, 5) is 17.9. The molecule has 7 heteroatoms. The van der Waals surface area contributed by atoms with Gasteiger partial charge in [-0.25, -0.2) is 4.79 Å². The fourth-order valence-corrected chi connectivity index (χ4v) is 3.22. The highest BCUT2D eigenvalue weighted by Gasteiger charge is 2.23. The number of rotatable bonds is 9. The molecule has 0 saturated carbocycles. The molecule has 29 heavy (non-hydrogen) atoms. The first-order chi connectivity index (χ1) is 14.2. The molecule has 1 aromatic carbocycles. The monoisotopic (exact) mass is 404 g/mol. The van der Waals surface area contributed by atoms with Crippen LogP contribution in [0.5, 0.6) is 5.75 Å². The van der Waals surface area contributed by atoms with Gasteiger partial charge in [0.25, 0.3) is 0 Å². The Kier molecular flexibility index (Phi) is 10.2. The summed E-state index contributed by atoms with van der Waals surface area (Å²) in [6.07, 6.45) is 4.70. The number of carbonyl (C=O) groups is 1. The van der Waals surface area contributed by atoms with Crippen LogP contribution >= 0.6 is 0 Å². The summed E-state index contributed by atoms with van der Waals surface area (Å²) >= 11 is 0. The van der Waals surface area contributed by atoms with Crippen molar-refractivity contribution in [1.29, 1.82) is 0 Å². The molecule has 1 saturated heterocycles. The number of likely N-dealkylation sites (tertiary alicyclic amines) is 1. The highest BCUT2D eigenvalue weighted by Crippen LogP contribution is 2.13. The Morgan fingerprint density at radius 2 is 1.93 bits per heavy atom. The molecular weight excluding hydrogens is 368 g/mol. The number of guanidine groups is 1. The normalized spacial score (nSPS) is 15.1. The predicted molar refractivity (Wildman–Crippen MR) is 117 cm³/mol. The van der Waals surface area contributed by atoms with Crippen LogP contribution in [0.1, 0.15) is 45.1 Å². The summed E-state index contributed by atoms with van der Waals surface area (Å²) in [5.74, 6) is 1.74. The van der Waals surface area contributed by atoms with E-state index < -0.39 is 0 Å². The molecule has 0 spiro atoms. The van der Waals surface area contributed by atoms with Crippen LogP contribution in [0.25, 0.3) is 0 Å². The summed E-state index contributed by atoms with van der Waals surface area (Å²) in [7, 11) is 1.78. The summed E-state index contributed by atoms with van der Waals surface area (Å²) in [6.45, 7) is 7.41. The van der Waals surface area contributed by atoms with Gasteiger partial charge in [-0.1, -0.05) is 25.5 Å². The van der Waals surface area contributed by atoms with Crippen molar-refractivity contribution >= 4 is 12.1 Å². The third-order valence-electron chi connectivity index (χ3n) is 4.98.